The third kappa shape index (κ3) is 5.27. The smallest absolute Gasteiger partial charge is 0.229 e. The summed E-state index contributed by atoms with van der Waals surface area (Å²) >= 11 is 0. The van der Waals surface area contributed by atoms with Gasteiger partial charge in [0.25, 0.3) is 0 Å². The summed E-state index contributed by atoms with van der Waals surface area (Å²) in [6, 6.07) is 10.9. The molecule has 4 rings (SSSR count). The van der Waals surface area contributed by atoms with Crippen LogP contribution in [0.4, 0.5) is 17.3 Å². The molecule has 9 nitrogen and oxygen atoms in total. The summed E-state index contributed by atoms with van der Waals surface area (Å²) in [5.74, 6) is 2.35. The van der Waals surface area contributed by atoms with Crippen LogP contribution in [0.2, 0.25) is 0 Å². The molecule has 2 N–H and O–H groups in total. The molecule has 1 aliphatic heterocycles. The molecule has 10 heteroatoms. The molecule has 2 unspecified atom stereocenters. The van der Waals surface area contributed by atoms with Gasteiger partial charge < -0.3 is 24.3 Å². The van der Waals surface area contributed by atoms with Crippen molar-refractivity contribution in [3.63, 3.8) is 0 Å². The molecule has 0 aliphatic carbocycles. The van der Waals surface area contributed by atoms with Crippen molar-refractivity contribution in [3.05, 3.63) is 42.6 Å². The van der Waals surface area contributed by atoms with Crippen LogP contribution in [0.5, 0.6) is 5.75 Å². The first kappa shape index (κ1) is 23.9. The maximum Gasteiger partial charge on any atom is 0.229 e. The van der Waals surface area contributed by atoms with Crippen molar-refractivity contribution in [2.75, 3.05) is 34.4 Å². The number of carbonyl (C=O) groups is 1. The van der Waals surface area contributed by atoms with E-state index in [1.165, 1.54) is 0 Å². The molecular weight excluding hydrogens is 454 g/mol. The van der Waals surface area contributed by atoms with Crippen LogP contribution < -0.4 is 19.3 Å². The second-order valence-electron chi connectivity index (χ2n) is 9.01. The van der Waals surface area contributed by atoms with Crippen LogP contribution in [0.25, 0.3) is 10.9 Å². The van der Waals surface area contributed by atoms with Crippen molar-refractivity contribution in [2.45, 2.75) is 44.9 Å². The zero-order chi connectivity index (χ0) is 24.5. The van der Waals surface area contributed by atoms with Crippen molar-refractivity contribution in [2.24, 2.45) is 0 Å². The van der Waals surface area contributed by atoms with Crippen LogP contribution in [-0.4, -0.2) is 62.7 Å². The Morgan fingerprint density at radius 3 is 2.79 bits per heavy atom. The maximum absolute atomic E-state index is 12.1. The number of aromatic nitrogens is 2. The highest BCUT2D eigenvalue weighted by Crippen LogP contribution is 2.33. The highest BCUT2D eigenvalue weighted by atomic mass is 32.2. The first-order valence-corrected chi connectivity index (χ1v) is 13.2. The number of sulfonamides is 1. The lowest BCUT2D eigenvalue weighted by Crippen LogP contribution is -2.50. The summed E-state index contributed by atoms with van der Waals surface area (Å²) in [7, 11) is -1.36. The Balaban J connectivity index is 1.53. The Labute approximate surface area is 200 Å². The lowest BCUT2D eigenvalue weighted by molar-refractivity contribution is -0.109. The number of nitrogens with one attached hydrogen (secondary N) is 2. The van der Waals surface area contributed by atoms with Gasteiger partial charge in [-0.25, -0.2) is 13.4 Å². The van der Waals surface area contributed by atoms with Crippen LogP contribution in [0.1, 0.15) is 26.7 Å². The van der Waals surface area contributed by atoms with Crippen LogP contribution in [0, 0.1) is 0 Å². The molecular formula is C24H31N5O4S. The van der Waals surface area contributed by atoms with E-state index < -0.39 is 10.0 Å². The summed E-state index contributed by atoms with van der Waals surface area (Å²) in [6.45, 7) is 4.66. The molecule has 2 aromatic heterocycles. The Morgan fingerprint density at radius 2 is 2.09 bits per heavy atom. The number of rotatable bonds is 8. The number of piperidine rings is 1. The fourth-order valence-corrected chi connectivity index (χ4v) is 5.03. The van der Waals surface area contributed by atoms with Crippen molar-refractivity contribution in [1.82, 2.24) is 9.97 Å². The largest absolute Gasteiger partial charge is 0.487 e. The second kappa shape index (κ2) is 9.54. The molecule has 2 atom stereocenters. The minimum Gasteiger partial charge on any atom is -0.487 e. The third-order valence-electron chi connectivity index (χ3n) is 5.99. The van der Waals surface area contributed by atoms with Gasteiger partial charge in [0.15, 0.2) is 11.6 Å². The number of hydrogen-bond acceptors (Lipinski definition) is 7. The predicted octanol–water partition coefficient (Wildman–Crippen LogP) is 3.39. The quantitative estimate of drug-likeness (QED) is 0.471. The number of aldehydes is 1. The van der Waals surface area contributed by atoms with Crippen LogP contribution in [-0.2, 0) is 14.8 Å². The summed E-state index contributed by atoms with van der Waals surface area (Å²) in [6.07, 6.45) is 5.40. The number of aromatic amines is 1. The molecule has 3 aromatic rings. The van der Waals surface area contributed by atoms with Crippen LogP contribution >= 0.6 is 0 Å². The Hall–Kier alpha value is -3.27. The first-order chi connectivity index (χ1) is 16.1. The van der Waals surface area contributed by atoms with E-state index in [9.17, 15) is 13.2 Å². The van der Waals surface area contributed by atoms with Gasteiger partial charge in [-0.1, -0.05) is 0 Å². The van der Waals surface area contributed by atoms with E-state index in [4.69, 9.17) is 4.74 Å². The van der Waals surface area contributed by atoms with Gasteiger partial charge in [0.05, 0.1) is 18.4 Å². The molecule has 0 amide bonds. The van der Waals surface area contributed by atoms with Gasteiger partial charge in [-0.2, -0.15) is 0 Å². The number of ether oxygens (including phenoxy) is 1. The average Bonchev–Trinajstić information content (AvgIpc) is 3.20. The fraction of sp³-hybridized carbons (Fsp3) is 0.417. The minimum absolute atomic E-state index is 0.0380. The normalized spacial score (nSPS) is 18.8. The van der Waals surface area contributed by atoms with Crippen LogP contribution in [0.3, 0.4) is 0 Å². The first-order valence-electron chi connectivity index (χ1n) is 11.3. The van der Waals surface area contributed by atoms with E-state index in [2.05, 4.69) is 24.5 Å². The molecule has 1 aliphatic rings. The van der Waals surface area contributed by atoms with Crippen molar-refractivity contribution in [3.8, 4) is 5.75 Å². The van der Waals surface area contributed by atoms with E-state index in [1.807, 2.05) is 45.2 Å². The summed E-state index contributed by atoms with van der Waals surface area (Å²) in [5.41, 5.74) is 1.38. The highest BCUT2D eigenvalue weighted by Gasteiger charge is 2.32. The number of carbonyl (C=O) groups excluding carboxylic acids is 1. The minimum atomic E-state index is -3.36. The van der Waals surface area contributed by atoms with E-state index in [1.54, 1.807) is 18.3 Å². The number of hydrogen-bond donors (Lipinski definition) is 2. The standard InChI is InChI=1S/C24H31N5O4S/c1-16(2)33-22-6-5-10-25-24(22)28(3)19-9-11-29(20(14-19)15-30)23-13-17-12-18(27-34(4,31)32)7-8-21(17)26-23/h5-8,10,12-13,15-16,19-20,26-27H,9,11,14H2,1-4H3. The number of benzene rings is 1. The Morgan fingerprint density at radius 1 is 1.29 bits per heavy atom. The Bertz CT molecular complexity index is 1270. The van der Waals surface area contributed by atoms with Gasteiger partial charge >= 0.3 is 0 Å². The van der Waals surface area contributed by atoms with Crippen LogP contribution in [0.15, 0.2) is 42.6 Å². The molecule has 182 valence electrons. The molecule has 0 radical (unpaired) electrons. The second-order valence-corrected chi connectivity index (χ2v) is 10.8. The monoisotopic (exact) mass is 485 g/mol. The van der Waals surface area contributed by atoms with Gasteiger partial charge in [0.2, 0.25) is 10.0 Å². The molecule has 34 heavy (non-hydrogen) atoms. The Kier molecular flexibility index (Phi) is 6.70. The molecule has 3 heterocycles. The van der Waals surface area contributed by atoms with Gasteiger partial charge in [-0.3, -0.25) is 4.72 Å². The third-order valence-corrected chi connectivity index (χ3v) is 6.60. The van der Waals surface area contributed by atoms with Gasteiger partial charge in [-0.15, -0.1) is 0 Å². The molecule has 1 fully saturated rings. The summed E-state index contributed by atoms with van der Waals surface area (Å²) in [4.78, 5) is 24.2. The highest BCUT2D eigenvalue weighted by molar-refractivity contribution is 7.92. The number of anilines is 3. The van der Waals surface area contributed by atoms with Gasteiger partial charge in [-0.05, 0) is 63.1 Å². The number of H-pyrrole nitrogens is 1. The number of fused-ring (bicyclic) bond motifs is 1. The van der Waals surface area contributed by atoms with Gasteiger partial charge in [0.1, 0.15) is 12.1 Å². The van der Waals surface area contributed by atoms with Gasteiger partial charge in [0, 0.05) is 42.4 Å². The zero-order valence-corrected chi connectivity index (χ0v) is 20.7. The molecule has 0 saturated carbocycles. The van der Waals surface area contributed by atoms with E-state index in [-0.39, 0.29) is 18.2 Å². The lowest BCUT2D eigenvalue weighted by atomic mass is 9.96. The fourth-order valence-electron chi connectivity index (χ4n) is 4.47. The lowest BCUT2D eigenvalue weighted by Gasteiger charge is -2.41. The molecule has 1 saturated heterocycles. The topological polar surface area (TPSA) is 108 Å². The van der Waals surface area contributed by atoms with Crippen molar-refractivity contribution < 1.29 is 17.9 Å². The summed E-state index contributed by atoms with van der Waals surface area (Å²) < 4.78 is 31.5. The molecule has 0 bridgehead atoms. The summed E-state index contributed by atoms with van der Waals surface area (Å²) in [5, 5.41) is 0.872. The zero-order valence-electron chi connectivity index (χ0n) is 19.9. The van der Waals surface area contributed by atoms with E-state index in [0.717, 1.165) is 47.3 Å². The maximum atomic E-state index is 12.1. The number of nitrogens with zero attached hydrogens (tertiary/aromatic N) is 3. The van der Waals surface area contributed by atoms with E-state index >= 15 is 0 Å². The molecule has 1 aromatic carbocycles. The van der Waals surface area contributed by atoms with Crippen molar-refractivity contribution in [1.29, 1.82) is 0 Å². The molecule has 0 spiro atoms. The SMILES string of the molecule is CC(C)Oc1cccnc1N(C)C1CCN(c2cc3cc(NS(C)(=O)=O)ccc3[nH]2)C(C=O)C1. The average molecular weight is 486 g/mol. The predicted molar refractivity (Wildman–Crippen MR) is 135 cm³/mol. The van der Waals surface area contributed by atoms with Crippen molar-refractivity contribution >= 4 is 44.5 Å². The number of pyridine rings is 1. The van der Waals surface area contributed by atoms with E-state index in [0.29, 0.717) is 18.7 Å².